The molecule has 2 aromatic carbocycles. The molecule has 1 heterocycles. The average Bonchev–Trinajstić information content (AvgIpc) is 2.69. The van der Waals surface area contributed by atoms with E-state index in [1.165, 1.54) is 0 Å². The highest BCUT2D eigenvalue weighted by Gasteiger charge is 2.07. The molecule has 0 bridgehead atoms. The summed E-state index contributed by atoms with van der Waals surface area (Å²) in [7, 11) is 3.91. The minimum Gasteiger partial charge on any atom is -0.378 e. The van der Waals surface area contributed by atoms with E-state index >= 15 is 0 Å². The monoisotopic (exact) mass is 346 g/mol. The number of amides is 1. The Labute approximate surface area is 153 Å². The van der Waals surface area contributed by atoms with Crippen LogP contribution >= 0.6 is 0 Å². The lowest BCUT2D eigenvalue weighted by molar-refractivity contribution is 0.0954. The SMILES string of the molecule is CN(C)c1cccc(C(=O)NCCc2cnc(-c3ccccc3)nc2)c1. The first-order chi connectivity index (χ1) is 12.6. The molecule has 132 valence electrons. The number of aromatic nitrogens is 2. The Morgan fingerprint density at radius 1 is 1.00 bits per heavy atom. The zero-order valence-electron chi connectivity index (χ0n) is 15.0. The minimum absolute atomic E-state index is 0.0736. The standard InChI is InChI=1S/C21H22N4O/c1-25(2)19-10-6-9-18(13-19)21(26)22-12-11-16-14-23-20(24-15-16)17-7-4-3-5-8-17/h3-10,13-15H,11-12H2,1-2H3,(H,22,26). The third-order valence-corrected chi connectivity index (χ3v) is 4.06. The van der Waals surface area contributed by atoms with Crippen LogP contribution in [-0.2, 0) is 6.42 Å². The Hall–Kier alpha value is -3.21. The summed E-state index contributed by atoms with van der Waals surface area (Å²) in [6, 6.07) is 17.4. The van der Waals surface area contributed by atoms with Crippen molar-refractivity contribution in [2.24, 2.45) is 0 Å². The molecule has 0 saturated carbocycles. The summed E-state index contributed by atoms with van der Waals surface area (Å²) in [5, 5.41) is 2.95. The summed E-state index contributed by atoms with van der Waals surface area (Å²) in [4.78, 5) is 23.1. The molecule has 0 unspecified atom stereocenters. The van der Waals surface area contributed by atoms with Crippen molar-refractivity contribution in [1.29, 1.82) is 0 Å². The number of anilines is 1. The van der Waals surface area contributed by atoms with Gasteiger partial charge in [0, 0.05) is 49.8 Å². The number of carbonyl (C=O) groups is 1. The summed E-state index contributed by atoms with van der Waals surface area (Å²) in [5.41, 5.74) is 3.65. The highest BCUT2D eigenvalue weighted by atomic mass is 16.1. The van der Waals surface area contributed by atoms with E-state index < -0.39 is 0 Å². The van der Waals surface area contributed by atoms with Gasteiger partial charge in [-0.2, -0.15) is 0 Å². The van der Waals surface area contributed by atoms with E-state index in [4.69, 9.17) is 0 Å². The predicted molar refractivity (Wildman–Crippen MR) is 104 cm³/mol. The average molecular weight is 346 g/mol. The van der Waals surface area contributed by atoms with Gasteiger partial charge in [0.2, 0.25) is 0 Å². The second-order valence-corrected chi connectivity index (χ2v) is 6.23. The van der Waals surface area contributed by atoms with E-state index in [-0.39, 0.29) is 5.91 Å². The lowest BCUT2D eigenvalue weighted by Crippen LogP contribution is -2.26. The Morgan fingerprint density at radius 3 is 2.42 bits per heavy atom. The summed E-state index contributed by atoms with van der Waals surface area (Å²) in [5.74, 6) is 0.634. The van der Waals surface area contributed by atoms with Crippen molar-refractivity contribution >= 4 is 11.6 Å². The van der Waals surface area contributed by atoms with Crippen LogP contribution in [0.25, 0.3) is 11.4 Å². The molecule has 0 fully saturated rings. The van der Waals surface area contributed by atoms with Gasteiger partial charge in [-0.3, -0.25) is 4.79 Å². The molecule has 0 aliphatic rings. The van der Waals surface area contributed by atoms with Crippen LogP contribution in [0.4, 0.5) is 5.69 Å². The van der Waals surface area contributed by atoms with Crippen LogP contribution in [0.2, 0.25) is 0 Å². The molecule has 5 heteroatoms. The summed E-state index contributed by atoms with van der Waals surface area (Å²) < 4.78 is 0. The maximum absolute atomic E-state index is 12.3. The quantitative estimate of drug-likeness (QED) is 0.745. The predicted octanol–water partition coefficient (Wildman–Crippen LogP) is 3.18. The number of hydrogen-bond acceptors (Lipinski definition) is 4. The lowest BCUT2D eigenvalue weighted by atomic mass is 10.1. The van der Waals surface area contributed by atoms with Crippen molar-refractivity contribution < 1.29 is 4.79 Å². The first-order valence-corrected chi connectivity index (χ1v) is 8.55. The topological polar surface area (TPSA) is 58.1 Å². The molecule has 1 amide bonds. The molecule has 0 radical (unpaired) electrons. The van der Waals surface area contributed by atoms with Gasteiger partial charge in [0.1, 0.15) is 0 Å². The molecule has 0 aliphatic heterocycles. The molecule has 3 aromatic rings. The molecule has 1 N–H and O–H groups in total. The second kappa shape index (κ2) is 8.25. The molecule has 0 saturated heterocycles. The van der Waals surface area contributed by atoms with Crippen LogP contribution in [0, 0.1) is 0 Å². The van der Waals surface area contributed by atoms with Crippen molar-refractivity contribution in [1.82, 2.24) is 15.3 Å². The van der Waals surface area contributed by atoms with Crippen molar-refractivity contribution in [3.05, 3.63) is 78.1 Å². The first kappa shape index (κ1) is 17.6. The normalized spacial score (nSPS) is 10.4. The number of nitrogens with one attached hydrogen (secondary N) is 1. The molecular weight excluding hydrogens is 324 g/mol. The van der Waals surface area contributed by atoms with E-state index in [1.54, 1.807) is 0 Å². The van der Waals surface area contributed by atoms with Crippen LogP contribution in [0.1, 0.15) is 15.9 Å². The fourth-order valence-electron chi connectivity index (χ4n) is 2.57. The summed E-state index contributed by atoms with van der Waals surface area (Å²) in [6.07, 6.45) is 4.32. The van der Waals surface area contributed by atoms with Gasteiger partial charge in [-0.05, 0) is 30.2 Å². The highest BCUT2D eigenvalue weighted by Crippen LogP contribution is 2.14. The molecule has 1 aromatic heterocycles. The molecule has 0 atom stereocenters. The van der Waals surface area contributed by atoms with E-state index in [2.05, 4.69) is 15.3 Å². The summed E-state index contributed by atoms with van der Waals surface area (Å²) in [6.45, 7) is 0.541. The number of carbonyl (C=O) groups excluding carboxylic acids is 1. The largest absolute Gasteiger partial charge is 0.378 e. The highest BCUT2D eigenvalue weighted by molar-refractivity contribution is 5.95. The molecule has 5 nitrogen and oxygen atoms in total. The van der Waals surface area contributed by atoms with E-state index in [9.17, 15) is 4.79 Å². The van der Waals surface area contributed by atoms with Crippen LogP contribution in [-0.4, -0.2) is 36.5 Å². The molecule has 0 spiro atoms. The van der Waals surface area contributed by atoms with Gasteiger partial charge >= 0.3 is 0 Å². The van der Waals surface area contributed by atoms with E-state index in [1.807, 2.05) is 86.0 Å². The Kier molecular flexibility index (Phi) is 5.59. The number of rotatable bonds is 6. The molecule has 26 heavy (non-hydrogen) atoms. The van der Waals surface area contributed by atoms with Crippen molar-refractivity contribution in [2.45, 2.75) is 6.42 Å². The van der Waals surface area contributed by atoms with Crippen LogP contribution < -0.4 is 10.2 Å². The van der Waals surface area contributed by atoms with Gasteiger partial charge in [0.05, 0.1) is 0 Å². The fraction of sp³-hybridized carbons (Fsp3) is 0.190. The molecule has 0 aliphatic carbocycles. The van der Waals surface area contributed by atoms with Crippen molar-refractivity contribution in [3.8, 4) is 11.4 Å². The third-order valence-electron chi connectivity index (χ3n) is 4.06. The van der Waals surface area contributed by atoms with E-state index in [0.29, 0.717) is 24.4 Å². The van der Waals surface area contributed by atoms with Crippen LogP contribution in [0.5, 0.6) is 0 Å². The maximum atomic E-state index is 12.3. The Morgan fingerprint density at radius 2 is 1.73 bits per heavy atom. The zero-order valence-corrected chi connectivity index (χ0v) is 15.0. The van der Waals surface area contributed by atoms with Gasteiger partial charge in [-0.25, -0.2) is 9.97 Å². The van der Waals surface area contributed by atoms with Gasteiger partial charge in [0.25, 0.3) is 5.91 Å². The van der Waals surface area contributed by atoms with Gasteiger partial charge in [-0.15, -0.1) is 0 Å². The third kappa shape index (κ3) is 4.45. The van der Waals surface area contributed by atoms with Gasteiger partial charge < -0.3 is 10.2 Å². The van der Waals surface area contributed by atoms with Crippen LogP contribution in [0.3, 0.4) is 0 Å². The van der Waals surface area contributed by atoms with Gasteiger partial charge in [-0.1, -0.05) is 36.4 Å². The smallest absolute Gasteiger partial charge is 0.251 e. The maximum Gasteiger partial charge on any atom is 0.251 e. The number of nitrogens with zero attached hydrogens (tertiary/aromatic N) is 3. The number of benzene rings is 2. The molecule has 3 rings (SSSR count). The summed E-state index contributed by atoms with van der Waals surface area (Å²) >= 11 is 0. The fourth-order valence-corrected chi connectivity index (χ4v) is 2.57. The minimum atomic E-state index is -0.0736. The zero-order chi connectivity index (χ0) is 18.4. The second-order valence-electron chi connectivity index (χ2n) is 6.23. The van der Waals surface area contributed by atoms with Crippen LogP contribution in [0.15, 0.2) is 67.0 Å². The molecular formula is C21H22N4O. The Balaban J connectivity index is 1.55. The Bertz CT molecular complexity index is 861. The van der Waals surface area contributed by atoms with Crippen molar-refractivity contribution in [3.63, 3.8) is 0 Å². The number of hydrogen-bond donors (Lipinski definition) is 1. The lowest BCUT2D eigenvalue weighted by Gasteiger charge is -2.13. The van der Waals surface area contributed by atoms with E-state index in [0.717, 1.165) is 16.8 Å². The van der Waals surface area contributed by atoms with Crippen molar-refractivity contribution in [2.75, 3.05) is 25.5 Å². The van der Waals surface area contributed by atoms with Gasteiger partial charge in [0.15, 0.2) is 5.82 Å². The first-order valence-electron chi connectivity index (χ1n) is 8.55.